The smallest absolute Gasteiger partial charge is 0.335 e. The van der Waals surface area contributed by atoms with Crippen molar-refractivity contribution >= 4 is 17.5 Å². The number of allylic oxidation sites excluding steroid dienone is 3. The minimum absolute atomic E-state index is 0.172. The lowest BCUT2D eigenvalue weighted by atomic mass is 9.89. The number of nitrogens with two attached hydrogens (primary N) is 1. The molecule has 0 saturated heterocycles. The third kappa shape index (κ3) is 2.88. The maximum Gasteiger partial charge on any atom is 0.335 e. The molecule has 0 saturated carbocycles. The van der Waals surface area contributed by atoms with Crippen LogP contribution in [0.4, 0.5) is 0 Å². The van der Waals surface area contributed by atoms with Crippen LogP contribution in [0.25, 0.3) is 5.57 Å². The third-order valence-electron chi connectivity index (χ3n) is 3.15. The van der Waals surface area contributed by atoms with E-state index in [-0.39, 0.29) is 12.0 Å². The van der Waals surface area contributed by atoms with Crippen molar-refractivity contribution in [3.8, 4) is 0 Å². The summed E-state index contributed by atoms with van der Waals surface area (Å²) in [5.74, 6) is -2.63. The normalized spacial score (nSPS) is 18.1. The van der Waals surface area contributed by atoms with Crippen molar-refractivity contribution < 1.29 is 19.8 Å². The van der Waals surface area contributed by atoms with Gasteiger partial charge in [-0.25, -0.2) is 4.79 Å². The molecule has 2 rings (SSSR count). The summed E-state index contributed by atoms with van der Waals surface area (Å²) in [5, 5.41) is 18.2. The molecule has 5 nitrogen and oxygen atoms in total. The second kappa shape index (κ2) is 5.21. The summed E-state index contributed by atoms with van der Waals surface area (Å²) in [6, 6.07) is 4.90. The van der Waals surface area contributed by atoms with Gasteiger partial charge in [-0.3, -0.25) is 4.79 Å². The summed E-state index contributed by atoms with van der Waals surface area (Å²) in [6.07, 6.45) is 3.58. The molecule has 0 aromatic heterocycles. The molecule has 0 aliphatic heterocycles. The number of aliphatic carboxylic acids is 1. The summed E-state index contributed by atoms with van der Waals surface area (Å²) in [4.78, 5) is 22.2. The third-order valence-corrected chi connectivity index (χ3v) is 3.15. The largest absolute Gasteiger partial charge is 0.481 e. The molecule has 4 N–H and O–H groups in total. The summed E-state index contributed by atoms with van der Waals surface area (Å²) in [5.41, 5.74) is 8.52. The minimum Gasteiger partial charge on any atom is -0.481 e. The number of aromatic carboxylic acids is 1. The molecular weight excluding hydrogens is 258 g/mol. The number of hydrogen-bond acceptors (Lipinski definition) is 3. The number of hydrogen-bond donors (Lipinski definition) is 3. The van der Waals surface area contributed by atoms with E-state index >= 15 is 0 Å². The molecule has 1 aromatic rings. The van der Waals surface area contributed by atoms with Crippen LogP contribution in [-0.2, 0) is 4.79 Å². The number of carbonyl (C=O) groups is 2. The Bertz CT molecular complexity index is 643. The Morgan fingerprint density at radius 3 is 2.55 bits per heavy atom. The molecule has 1 aliphatic carbocycles. The predicted octanol–water partition coefficient (Wildman–Crippen LogP) is 2.02. The molecule has 1 aromatic carbocycles. The summed E-state index contributed by atoms with van der Waals surface area (Å²) >= 11 is 0. The molecule has 5 heteroatoms. The van der Waals surface area contributed by atoms with Gasteiger partial charge in [-0.1, -0.05) is 12.1 Å². The van der Waals surface area contributed by atoms with Gasteiger partial charge in [0.2, 0.25) is 0 Å². The molecule has 0 bridgehead atoms. The van der Waals surface area contributed by atoms with Crippen LogP contribution < -0.4 is 5.73 Å². The topological polar surface area (TPSA) is 101 Å². The maximum atomic E-state index is 11.1. The van der Waals surface area contributed by atoms with E-state index in [2.05, 4.69) is 0 Å². The molecule has 1 atom stereocenters. The number of aryl methyl sites for hydroxylation is 1. The zero-order chi connectivity index (χ0) is 14.9. The van der Waals surface area contributed by atoms with Gasteiger partial charge in [0.15, 0.2) is 0 Å². The van der Waals surface area contributed by atoms with Crippen molar-refractivity contribution in [1.82, 2.24) is 0 Å². The lowest BCUT2D eigenvalue weighted by molar-refractivity contribution is -0.140. The standard InChI is InChI=1S/C15H15NO4/c1-8-2-9(4-11(3-8)14(17)18)10-5-12(15(19)20)7-13(16)6-10/h2-6,12H,7,16H2,1H3,(H,17,18)(H,19,20). The van der Waals surface area contributed by atoms with Gasteiger partial charge in [-0.15, -0.1) is 0 Å². The molecule has 104 valence electrons. The number of rotatable bonds is 3. The van der Waals surface area contributed by atoms with Gasteiger partial charge in [0.1, 0.15) is 0 Å². The van der Waals surface area contributed by atoms with Crippen molar-refractivity contribution in [2.24, 2.45) is 11.7 Å². The Morgan fingerprint density at radius 2 is 1.95 bits per heavy atom. The van der Waals surface area contributed by atoms with E-state index in [4.69, 9.17) is 15.9 Å². The van der Waals surface area contributed by atoms with Gasteiger partial charge in [-0.2, -0.15) is 0 Å². The monoisotopic (exact) mass is 273 g/mol. The first-order valence-corrected chi connectivity index (χ1v) is 6.13. The SMILES string of the molecule is Cc1cc(C(=O)O)cc(C2=CC(C(=O)O)CC(N)=C2)c1. The van der Waals surface area contributed by atoms with Crippen LogP contribution in [0.5, 0.6) is 0 Å². The van der Waals surface area contributed by atoms with Gasteiger partial charge in [0.05, 0.1) is 11.5 Å². The van der Waals surface area contributed by atoms with E-state index in [0.717, 1.165) is 5.56 Å². The first-order chi connectivity index (χ1) is 9.36. The summed E-state index contributed by atoms with van der Waals surface area (Å²) < 4.78 is 0. The molecular formula is C15H15NO4. The molecule has 1 aliphatic rings. The van der Waals surface area contributed by atoms with Gasteiger partial charge >= 0.3 is 11.9 Å². The average molecular weight is 273 g/mol. The fourth-order valence-corrected chi connectivity index (χ4v) is 2.25. The molecule has 0 radical (unpaired) electrons. The fraction of sp³-hybridized carbons (Fsp3) is 0.200. The predicted molar refractivity (Wildman–Crippen MR) is 74.1 cm³/mol. The lowest BCUT2D eigenvalue weighted by Gasteiger charge is -2.17. The number of carboxylic acids is 2. The molecule has 0 fully saturated rings. The van der Waals surface area contributed by atoms with E-state index in [0.29, 0.717) is 16.8 Å². The van der Waals surface area contributed by atoms with Crippen molar-refractivity contribution in [3.63, 3.8) is 0 Å². The Balaban J connectivity index is 2.49. The first kappa shape index (κ1) is 13.9. The molecule has 0 amide bonds. The van der Waals surface area contributed by atoms with Crippen LogP contribution >= 0.6 is 0 Å². The van der Waals surface area contributed by atoms with E-state index in [1.54, 1.807) is 25.1 Å². The van der Waals surface area contributed by atoms with Crippen LogP contribution in [0, 0.1) is 12.8 Å². The average Bonchev–Trinajstić information content (AvgIpc) is 2.37. The summed E-state index contributed by atoms with van der Waals surface area (Å²) in [6.45, 7) is 1.79. The Labute approximate surface area is 116 Å². The highest BCUT2D eigenvalue weighted by Crippen LogP contribution is 2.28. The highest BCUT2D eigenvalue weighted by Gasteiger charge is 2.21. The van der Waals surface area contributed by atoms with Crippen LogP contribution in [0.3, 0.4) is 0 Å². The number of benzene rings is 1. The van der Waals surface area contributed by atoms with Crippen molar-refractivity contribution in [2.45, 2.75) is 13.3 Å². The van der Waals surface area contributed by atoms with Crippen LogP contribution in [-0.4, -0.2) is 22.2 Å². The zero-order valence-electron chi connectivity index (χ0n) is 11.0. The Kier molecular flexibility index (Phi) is 3.61. The quantitative estimate of drug-likeness (QED) is 0.782. The van der Waals surface area contributed by atoms with E-state index in [9.17, 15) is 9.59 Å². The zero-order valence-corrected chi connectivity index (χ0v) is 11.0. The molecule has 20 heavy (non-hydrogen) atoms. The van der Waals surface area contributed by atoms with Crippen LogP contribution in [0.1, 0.15) is 27.9 Å². The first-order valence-electron chi connectivity index (χ1n) is 6.13. The Hall–Kier alpha value is -2.56. The molecule has 0 heterocycles. The minimum atomic E-state index is -1.02. The highest BCUT2D eigenvalue weighted by atomic mass is 16.4. The van der Waals surface area contributed by atoms with Crippen LogP contribution in [0.2, 0.25) is 0 Å². The van der Waals surface area contributed by atoms with E-state index in [1.165, 1.54) is 6.07 Å². The maximum absolute atomic E-state index is 11.1. The van der Waals surface area contributed by atoms with Gasteiger partial charge in [0.25, 0.3) is 0 Å². The molecule has 0 spiro atoms. The van der Waals surface area contributed by atoms with Crippen molar-refractivity contribution in [3.05, 3.63) is 52.7 Å². The van der Waals surface area contributed by atoms with E-state index in [1.807, 2.05) is 6.07 Å². The van der Waals surface area contributed by atoms with Gasteiger partial charge < -0.3 is 15.9 Å². The van der Waals surface area contributed by atoms with Crippen LogP contribution in [0.15, 0.2) is 36.0 Å². The second-order valence-electron chi connectivity index (χ2n) is 4.88. The van der Waals surface area contributed by atoms with Gasteiger partial charge in [0, 0.05) is 12.1 Å². The fourth-order valence-electron chi connectivity index (χ4n) is 2.25. The van der Waals surface area contributed by atoms with E-state index < -0.39 is 17.9 Å². The Morgan fingerprint density at radius 1 is 1.25 bits per heavy atom. The van der Waals surface area contributed by atoms with Crippen molar-refractivity contribution in [2.75, 3.05) is 0 Å². The van der Waals surface area contributed by atoms with Crippen molar-refractivity contribution in [1.29, 1.82) is 0 Å². The molecule has 1 unspecified atom stereocenters. The summed E-state index contributed by atoms with van der Waals surface area (Å²) in [7, 11) is 0. The lowest BCUT2D eigenvalue weighted by Crippen LogP contribution is -2.18. The highest BCUT2D eigenvalue weighted by molar-refractivity contribution is 5.90. The second-order valence-corrected chi connectivity index (χ2v) is 4.88. The number of carboxylic acid groups (broad SMARTS) is 2. The van der Waals surface area contributed by atoms with Gasteiger partial charge in [-0.05, 0) is 41.8 Å².